The Bertz CT molecular complexity index is 772. The summed E-state index contributed by atoms with van der Waals surface area (Å²) < 4.78 is 25.8. The maximum Gasteiger partial charge on any atom is 0.340 e. The van der Waals surface area contributed by atoms with E-state index in [9.17, 15) is 13.2 Å². The Hall–Kier alpha value is -1.90. The van der Waals surface area contributed by atoms with Gasteiger partial charge in [0, 0.05) is 18.6 Å². The van der Waals surface area contributed by atoms with Crippen LogP contribution in [0.3, 0.4) is 0 Å². The van der Waals surface area contributed by atoms with Crippen LogP contribution < -0.4 is 0 Å². The highest BCUT2D eigenvalue weighted by atomic mass is 35.5. The summed E-state index contributed by atoms with van der Waals surface area (Å²) in [4.78, 5) is 11.0. The van der Waals surface area contributed by atoms with E-state index < -0.39 is 26.6 Å². The lowest BCUT2D eigenvalue weighted by Crippen LogP contribution is -2.28. The lowest BCUT2D eigenvalue weighted by atomic mass is 10.2. The Balaban J connectivity index is 2.33. The molecule has 1 aromatic carbocycles. The highest BCUT2D eigenvalue weighted by molar-refractivity contribution is 7.89. The van der Waals surface area contributed by atoms with Gasteiger partial charge in [-0.25, -0.2) is 13.2 Å². The molecule has 2 aromatic rings. The van der Waals surface area contributed by atoms with Crippen LogP contribution in [0.15, 0.2) is 35.5 Å². The van der Waals surface area contributed by atoms with Gasteiger partial charge in [-0.05, 0) is 11.6 Å². The monoisotopic (exact) mass is 329 g/mol. The van der Waals surface area contributed by atoms with Crippen LogP contribution in [-0.4, -0.2) is 41.0 Å². The van der Waals surface area contributed by atoms with Gasteiger partial charge in [-0.15, -0.1) is 0 Å². The van der Waals surface area contributed by atoms with Crippen molar-refractivity contribution in [1.82, 2.24) is 14.5 Å². The molecule has 0 fully saturated rings. The number of carboxylic acid groups (broad SMARTS) is 1. The second kappa shape index (κ2) is 5.84. The molecule has 0 aliphatic rings. The van der Waals surface area contributed by atoms with Gasteiger partial charge in [0.05, 0.1) is 6.20 Å². The number of aromatic carboxylic acids is 1. The number of aromatic amines is 1. The Labute approximate surface area is 126 Å². The standard InChI is InChI=1S/C12H12ClN3O4S/c1-16(7-8-4-2-3-5-10(8)13)21(19,20)11-9(12(17)18)6-14-15-11/h2-6H,7H2,1H3,(H,14,15)(H,17,18). The summed E-state index contributed by atoms with van der Waals surface area (Å²) in [7, 11) is -2.67. The molecule has 0 bridgehead atoms. The third kappa shape index (κ3) is 3.07. The lowest BCUT2D eigenvalue weighted by molar-refractivity contribution is 0.0692. The van der Waals surface area contributed by atoms with Crippen molar-refractivity contribution in [3.8, 4) is 0 Å². The number of H-pyrrole nitrogens is 1. The summed E-state index contributed by atoms with van der Waals surface area (Å²) >= 11 is 5.99. The molecule has 112 valence electrons. The average molecular weight is 330 g/mol. The summed E-state index contributed by atoms with van der Waals surface area (Å²) in [5, 5.41) is 14.6. The van der Waals surface area contributed by atoms with E-state index >= 15 is 0 Å². The molecule has 1 heterocycles. The third-order valence-corrected chi connectivity index (χ3v) is 5.00. The fourth-order valence-electron chi connectivity index (χ4n) is 1.73. The van der Waals surface area contributed by atoms with E-state index in [1.807, 2.05) is 0 Å². The first-order chi connectivity index (χ1) is 9.84. The van der Waals surface area contributed by atoms with Gasteiger partial charge in [0.25, 0.3) is 10.0 Å². The summed E-state index contributed by atoms with van der Waals surface area (Å²) in [6, 6.07) is 6.81. The number of nitrogens with one attached hydrogen (secondary N) is 1. The predicted octanol–water partition coefficient (Wildman–Crippen LogP) is 1.58. The predicted molar refractivity (Wildman–Crippen MR) is 75.7 cm³/mol. The van der Waals surface area contributed by atoms with Crippen LogP contribution in [-0.2, 0) is 16.6 Å². The molecule has 2 rings (SSSR count). The zero-order valence-corrected chi connectivity index (χ0v) is 12.5. The minimum atomic E-state index is -4.01. The topological polar surface area (TPSA) is 103 Å². The van der Waals surface area contributed by atoms with Crippen LogP contribution in [0.25, 0.3) is 0 Å². The van der Waals surface area contributed by atoms with Gasteiger partial charge in [0.1, 0.15) is 5.56 Å². The van der Waals surface area contributed by atoms with Crippen molar-refractivity contribution < 1.29 is 18.3 Å². The molecule has 7 nitrogen and oxygen atoms in total. The van der Waals surface area contributed by atoms with Crippen molar-refractivity contribution in [3.63, 3.8) is 0 Å². The van der Waals surface area contributed by atoms with Gasteiger partial charge < -0.3 is 5.11 Å². The summed E-state index contributed by atoms with van der Waals surface area (Å²) in [5.74, 6) is -1.37. The minimum Gasteiger partial charge on any atom is -0.478 e. The molecule has 0 saturated heterocycles. The zero-order chi connectivity index (χ0) is 15.6. The van der Waals surface area contributed by atoms with Crippen molar-refractivity contribution in [3.05, 3.63) is 46.6 Å². The van der Waals surface area contributed by atoms with E-state index in [2.05, 4.69) is 10.2 Å². The fraction of sp³-hybridized carbons (Fsp3) is 0.167. The van der Waals surface area contributed by atoms with Crippen LogP contribution in [0.2, 0.25) is 5.02 Å². The molecule has 9 heteroatoms. The minimum absolute atomic E-state index is 0.0140. The van der Waals surface area contributed by atoms with Gasteiger partial charge in [-0.3, -0.25) is 5.10 Å². The van der Waals surface area contributed by atoms with Gasteiger partial charge in [-0.1, -0.05) is 29.8 Å². The number of hydrogen-bond acceptors (Lipinski definition) is 4. The van der Waals surface area contributed by atoms with Crippen molar-refractivity contribution >= 4 is 27.6 Å². The Kier molecular flexibility index (Phi) is 4.31. The fourth-order valence-corrected chi connectivity index (χ4v) is 3.13. The second-order valence-corrected chi connectivity index (χ2v) is 6.66. The molecule has 0 spiro atoms. The van der Waals surface area contributed by atoms with Gasteiger partial charge in [0.2, 0.25) is 0 Å². The average Bonchev–Trinajstić information content (AvgIpc) is 2.91. The third-order valence-electron chi connectivity index (χ3n) is 2.85. The largest absolute Gasteiger partial charge is 0.478 e. The molecule has 0 unspecified atom stereocenters. The van der Waals surface area contributed by atoms with E-state index in [-0.39, 0.29) is 6.54 Å². The van der Waals surface area contributed by atoms with Crippen molar-refractivity contribution in [1.29, 1.82) is 0 Å². The highest BCUT2D eigenvalue weighted by Crippen LogP contribution is 2.21. The summed E-state index contributed by atoms with van der Waals surface area (Å²) in [5.41, 5.74) is 0.211. The van der Waals surface area contributed by atoms with Crippen LogP contribution in [0.4, 0.5) is 0 Å². The quantitative estimate of drug-likeness (QED) is 0.866. The molecular weight excluding hydrogens is 318 g/mol. The molecule has 1 aromatic heterocycles. The molecule has 0 saturated carbocycles. The molecule has 0 atom stereocenters. The number of carboxylic acids is 1. The van der Waals surface area contributed by atoms with E-state index in [1.165, 1.54) is 7.05 Å². The summed E-state index contributed by atoms with van der Waals surface area (Å²) in [6.45, 7) is 0.0140. The lowest BCUT2D eigenvalue weighted by Gasteiger charge is -2.17. The molecule has 2 N–H and O–H groups in total. The van der Waals surface area contributed by atoms with Crippen molar-refractivity contribution in [2.24, 2.45) is 0 Å². The van der Waals surface area contributed by atoms with Gasteiger partial charge >= 0.3 is 5.97 Å². The first-order valence-corrected chi connectivity index (χ1v) is 7.62. The normalized spacial score (nSPS) is 11.8. The van der Waals surface area contributed by atoms with Crippen LogP contribution in [0.1, 0.15) is 15.9 Å². The number of aromatic nitrogens is 2. The van der Waals surface area contributed by atoms with E-state index in [0.717, 1.165) is 10.5 Å². The van der Waals surface area contributed by atoms with Crippen LogP contribution >= 0.6 is 11.6 Å². The number of nitrogens with zero attached hydrogens (tertiary/aromatic N) is 2. The number of hydrogen-bond donors (Lipinski definition) is 2. The maximum atomic E-state index is 12.4. The van der Waals surface area contributed by atoms with Gasteiger partial charge in [-0.2, -0.15) is 9.40 Å². The molecule has 0 amide bonds. The number of sulfonamides is 1. The van der Waals surface area contributed by atoms with Crippen molar-refractivity contribution in [2.45, 2.75) is 11.6 Å². The highest BCUT2D eigenvalue weighted by Gasteiger charge is 2.29. The number of benzene rings is 1. The molecular formula is C12H12ClN3O4S. The Morgan fingerprint density at radius 3 is 2.71 bits per heavy atom. The van der Waals surface area contributed by atoms with E-state index in [0.29, 0.717) is 10.6 Å². The van der Waals surface area contributed by atoms with Crippen LogP contribution in [0.5, 0.6) is 0 Å². The maximum absolute atomic E-state index is 12.4. The SMILES string of the molecule is CN(Cc1ccccc1Cl)S(=O)(=O)c1[nH]ncc1C(=O)O. The van der Waals surface area contributed by atoms with E-state index in [1.54, 1.807) is 24.3 Å². The van der Waals surface area contributed by atoms with Crippen LogP contribution in [0, 0.1) is 0 Å². The first-order valence-electron chi connectivity index (χ1n) is 5.80. The number of rotatable bonds is 5. The first kappa shape index (κ1) is 15.5. The second-order valence-electron chi connectivity index (χ2n) is 4.27. The molecule has 0 aliphatic carbocycles. The smallest absolute Gasteiger partial charge is 0.340 e. The Morgan fingerprint density at radius 1 is 1.43 bits per heavy atom. The van der Waals surface area contributed by atoms with Crippen molar-refractivity contribution in [2.75, 3.05) is 7.05 Å². The zero-order valence-electron chi connectivity index (χ0n) is 10.9. The molecule has 0 aliphatic heterocycles. The molecule has 21 heavy (non-hydrogen) atoms. The summed E-state index contributed by atoms with van der Waals surface area (Å²) in [6.07, 6.45) is 0.957. The van der Waals surface area contributed by atoms with E-state index in [4.69, 9.17) is 16.7 Å². The number of halogens is 1. The molecule has 0 radical (unpaired) electrons. The number of carbonyl (C=O) groups is 1. The Morgan fingerprint density at radius 2 is 2.10 bits per heavy atom. The van der Waals surface area contributed by atoms with Gasteiger partial charge in [0.15, 0.2) is 5.03 Å².